The number of aldehydes is 1. The van der Waals surface area contributed by atoms with Gasteiger partial charge in [0, 0.05) is 0 Å². The Labute approximate surface area is 72.5 Å². The van der Waals surface area contributed by atoms with Gasteiger partial charge < -0.3 is 5.11 Å². The van der Waals surface area contributed by atoms with Gasteiger partial charge in [0.25, 0.3) is 0 Å². The molecule has 0 aliphatic rings. The van der Waals surface area contributed by atoms with Crippen LogP contribution in [-0.4, -0.2) is 34.7 Å². The van der Waals surface area contributed by atoms with E-state index >= 15 is 0 Å². The van der Waals surface area contributed by atoms with Crippen LogP contribution in [0.25, 0.3) is 0 Å². The van der Waals surface area contributed by atoms with E-state index in [-0.39, 0.29) is 6.29 Å². The topological polar surface area (TPSA) is 106 Å². The zero-order chi connectivity index (χ0) is 10.4. The number of hydrogen-bond donors (Lipinski definition) is 1. The summed E-state index contributed by atoms with van der Waals surface area (Å²) in [5, 5.41) is 8.07. The van der Waals surface area contributed by atoms with E-state index < -0.39 is 36.2 Å². The van der Waals surface area contributed by atoms with Crippen LogP contribution in [0.3, 0.4) is 0 Å². The van der Waals surface area contributed by atoms with Crippen LogP contribution < -0.4 is 0 Å². The molecule has 0 heterocycles. The van der Waals surface area contributed by atoms with E-state index in [1.165, 1.54) is 0 Å². The molecule has 0 aliphatic carbocycles. The van der Waals surface area contributed by atoms with Crippen molar-refractivity contribution in [3.05, 3.63) is 0 Å². The number of Topliss-reactive ketones (excluding diaryl/α,β-unsaturated/α-hetero) is 3. The summed E-state index contributed by atoms with van der Waals surface area (Å²) in [5.74, 6) is -4.86. The highest BCUT2D eigenvalue weighted by Gasteiger charge is 2.18. The van der Waals surface area contributed by atoms with Gasteiger partial charge in [-0.2, -0.15) is 0 Å². The molecule has 1 N–H and O–H groups in total. The molecule has 0 spiro atoms. The SMILES string of the molecule is O=CC(=O)CC(=O)CC(=O)C(=O)O. The molecule has 0 atom stereocenters. The Kier molecular flexibility index (Phi) is 4.21. The van der Waals surface area contributed by atoms with Gasteiger partial charge in [0.15, 0.2) is 6.29 Å². The Morgan fingerprint density at radius 1 is 1.08 bits per heavy atom. The summed E-state index contributed by atoms with van der Waals surface area (Å²) in [6.07, 6.45) is -1.62. The van der Waals surface area contributed by atoms with Crippen molar-refractivity contribution < 1.29 is 29.1 Å². The standard InChI is InChI=1S/C7H6O6/c8-3-5(10)1-4(9)2-6(11)7(12)13/h3H,1-2H2,(H,12,13). The number of carboxylic acid groups (broad SMARTS) is 1. The lowest BCUT2D eigenvalue weighted by atomic mass is 10.1. The Balaban J connectivity index is 4.02. The molecule has 13 heavy (non-hydrogen) atoms. The maximum absolute atomic E-state index is 10.7. The maximum atomic E-state index is 10.7. The van der Waals surface area contributed by atoms with Crippen LogP contribution in [0.15, 0.2) is 0 Å². The molecule has 0 radical (unpaired) electrons. The van der Waals surface area contributed by atoms with E-state index in [1.807, 2.05) is 0 Å². The van der Waals surface area contributed by atoms with Crippen molar-refractivity contribution >= 4 is 29.6 Å². The highest BCUT2D eigenvalue weighted by molar-refractivity contribution is 6.38. The van der Waals surface area contributed by atoms with Crippen molar-refractivity contribution in [2.45, 2.75) is 12.8 Å². The lowest BCUT2D eigenvalue weighted by molar-refractivity contribution is -0.150. The maximum Gasteiger partial charge on any atom is 0.372 e. The molecule has 0 saturated carbocycles. The minimum absolute atomic E-state index is 0.0524. The van der Waals surface area contributed by atoms with Crippen molar-refractivity contribution in [2.24, 2.45) is 0 Å². The summed E-state index contributed by atoms with van der Waals surface area (Å²) in [7, 11) is 0. The summed E-state index contributed by atoms with van der Waals surface area (Å²) in [4.78, 5) is 51.1. The third kappa shape index (κ3) is 4.57. The predicted molar refractivity (Wildman–Crippen MR) is 38.0 cm³/mol. The first-order valence-electron chi connectivity index (χ1n) is 3.23. The van der Waals surface area contributed by atoms with Crippen LogP contribution >= 0.6 is 0 Å². The van der Waals surface area contributed by atoms with E-state index in [4.69, 9.17) is 5.11 Å². The smallest absolute Gasteiger partial charge is 0.372 e. The van der Waals surface area contributed by atoms with Gasteiger partial charge in [-0.3, -0.25) is 19.2 Å². The molecule has 0 fully saturated rings. The molecular weight excluding hydrogens is 180 g/mol. The zero-order valence-corrected chi connectivity index (χ0v) is 6.48. The molecule has 0 aromatic carbocycles. The zero-order valence-electron chi connectivity index (χ0n) is 6.48. The van der Waals surface area contributed by atoms with Gasteiger partial charge in [-0.15, -0.1) is 0 Å². The molecule has 0 rings (SSSR count). The molecule has 0 unspecified atom stereocenters. The van der Waals surface area contributed by atoms with E-state index in [0.717, 1.165) is 0 Å². The first-order chi connectivity index (χ1) is 5.97. The molecule has 0 aliphatic heterocycles. The number of carbonyl (C=O) groups excluding carboxylic acids is 4. The molecule has 0 aromatic rings. The van der Waals surface area contributed by atoms with Crippen molar-refractivity contribution in [1.82, 2.24) is 0 Å². The molecule has 0 saturated heterocycles. The van der Waals surface area contributed by atoms with Crippen molar-refractivity contribution in [3.8, 4) is 0 Å². The number of aliphatic carboxylic acids is 1. The van der Waals surface area contributed by atoms with Crippen molar-refractivity contribution in [3.63, 3.8) is 0 Å². The summed E-state index contributed by atoms with van der Waals surface area (Å²) in [6.45, 7) is 0. The predicted octanol–water partition coefficient (Wildman–Crippen LogP) is -1.24. The quantitative estimate of drug-likeness (QED) is 0.316. The number of ketones is 3. The summed E-state index contributed by atoms with van der Waals surface area (Å²) in [5.41, 5.74) is 0. The second-order valence-electron chi connectivity index (χ2n) is 2.20. The second kappa shape index (κ2) is 4.91. The molecule has 6 heteroatoms. The van der Waals surface area contributed by atoms with E-state index in [1.54, 1.807) is 0 Å². The van der Waals surface area contributed by atoms with Crippen LogP contribution in [0.1, 0.15) is 12.8 Å². The Morgan fingerprint density at radius 3 is 2.00 bits per heavy atom. The molecular formula is C7H6O6. The lowest BCUT2D eigenvalue weighted by Crippen LogP contribution is -2.19. The number of rotatable bonds is 6. The van der Waals surface area contributed by atoms with Gasteiger partial charge in [0.2, 0.25) is 11.6 Å². The third-order valence-electron chi connectivity index (χ3n) is 1.10. The average Bonchev–Trinajstić information content (AvgIpc) is 2.03. The number of hydrogen-bond acceptors (Lipinski definition) is 5. The second-order valence-corrected chi connectivity index (χ2v) is 2.20. The van der Waals surface area contributed by atoms with Gasteiger partial charge in [0.1, 0.15) is 5.78 Å². The van der Waals surface area contributed by atoms with Crippen LogP contribution in [0.2, 0.25) is 0 Å². The first-order valence-corrected chi connectivity index (χ1v) is 3.23. The molecule has 0 bridgehead atoms. The van der Waals surface area contributed by atoms with E-state index in [2.05, 4.69) is 0 Å². The number of carboxylic acids is 1. The fourth-order valence-corrected chi connectivity index (χ4v) is 0.553. The van der Waals surface area contributed by atoms with Crippen LogP contribution in [-0.2, 0) is 24.0 Å². The highest BCUT2D eigenvalue weighted by atomic mass is 16.4. The molecule has 0 amide bonds. The Bertz CT molecular complexity index is 277. The van der Waals surface area contributed by atoms with E-state index in [9.17, 15) is 24.0 Å². The van der Waals surface area contributed by atoms with Gasteiger partial charge in [-0.25, -0.2) is 4.79 Å². The highest BCUT2D eigenvalue weighted by Crippen LogP contribution is 1.92. The largest absolute Gasteiger partial charge is 0.475 e. The van der Waals surface area contributed by atoms with Crippen molar-refractivity contribution in [2.75, 3.05) is 0 Å². The Morgan fingerprint density at radius 2 is 1.62 bits per heavy atom. The van der Waals surface area contributed by atoms with Gasteiger partial charge in [-0.05, 0) is 0 Å². The normalized spacial score (nSPS) is 8.92. The fourth-order valence-electron chi connectivity index (χ4n) is 0.553. The van der Waals surface area contributed by atoms with Crippen LogP contribution in [0.4, 0.5) is 0 Å². The van der Waals surface area contributed by atoms with Gasteiger partial charge >= 0.3 is 5.97 Å². The fraction of sp³-hybridized carbons (Fsp3) is 0.286. The lowest BCUT2D eigenvalue weighted by Gasteiger charge is -1.92. The molecule has 70 valence electrons. The minimum Gasteiger partial charge on any atom is -0.475 e. The van der Waals surface area contributed by atoms with Crippen molar-refractivity contribution in [1.29, 1.82) is 0 Å². The van der Waals surface area contributed by atoms with Gasteiger partial charge in [-0.1, -0.05) is 0 Å². The summed E-state index contributed by atoms with van der Waals surface area (Å²) < 4.78 is 0. The first kappa shape index (κ1) is 11.2. The van der Waals surface area contributed by atoms with Crippen LogP contribution in [0.5, 0.6) is 0 Å². The summed E-state index contributed by atoms with van der Waals surface area (Å²) >= 11 is 0. The summed E-state index contributed by atoms with van der Waals surface area (Å²) in [6, 6.07) is 0. The number of carbonyl (C=O) groups is 5. The van der Waals surface area contributed by atoms with E-state index in [0.29, 0.717) is 0 Å². The van der Waals surface area contributed by atoms with Gasteiger partial charge in [0.05, 0.1) is 12.8 Å². The third-order valence-corrected chi connectivity index (χ3v) is 1.10. The minimum atomic E-state index is -1.73. The average molecular weight is 186 g/mol. The van der Waals surface area contributed by atoms with Crippen LogP contribution in [0, 0.1) is 0 Å². The monoisotopic (exact) mass is 186 g/mol. The molecule has 6 nitrogen and oxygen atoms in total. The molecule has 0 aromatic heterocycles. The Hall–Kier alpha value is -1.85.